The predicted molar refractivity (Wildman–Crippen MR) is 116 cm³/mol. The van der Waals surface area contributed by atoms with Crippen LogP contribution in [0.15, 0.2) is 29.3 Å². The highest BCUT2D eigenvalue weighted by Gasteiger charge is 2.10. The van der Waals surface area contributed by atoms with Crippen molar-refractivity contribution in [2.45, 2.75) is 33.4 Å². The van der Waals surface area contributed by atoms with Crippen molar-refractivity contribution in [3.8, 4) is 0 Å². The third kappa shape index (κ3) is 6.29. The van der Waals surface area contributed by atoms with E-state index in [0.717, 1.165) is 64.0 Å². The molecule has 3 rings (SSSR count). The molecule has 1 aliphatic rings. The minimum absolute atomic E-state index is 0.757. The van der Waals surface area contributed by atoms with Crippen molar-refractivity contribution in [1.29, 1.82) is 0 Å². The van der Waals surface area contributed by atoms with Crippen molar-refractivity contribution in [2.24, 2.45) is 4.99 Å². The molecule has 0 spiro atoms. The number of ether oxygens (including phenoxy) is 1. The summed E-state index contributed by atoms with van der Waals surface area (Å²) in [6, 6.07) is 8.82. The molecule has 28 heavy (non-hydrogen) atoms. The molecule has 2 N–H and O–H groups in total. The summed E-state index contributed by atoms with van der Waals surface area (Å²) in [6.45, 7) is 10.5. The Bertz CT molecular complexity index is 746. The zero-order valence-corrected chi connectivity index (χ0v) is 17.9. The summed E-state index contributed by atoms with van der Waals surface area (Å²) in [5.41, 5.74) is 3.74. The van der Waals surface area contributed by atoms with Gasteiger partial charge in [-0.15, -0.1) is 11.3 Å². The van der Waals surface area contributed by atoms with Gasteiger partial charge < -0.3 is 15.4 Å². The van der Waals surface area contributed by atoms with E-state index in [2.05, 4.69) is 63.6 Å². The van der Waals surface area contributed by atoms with Gasteiger partial charge in [-0.25, -0.2) is 4.98 Å². The smallest absolute Gasteiger partial charge is 0.191 e. The molecule has 0 aliphatic carbocycles. The van der Waals surface area contributed by atoms with Crippen LogP contribution in [-0.2, 0) is 24.2 Å². The topological polar surface area (TPSA) is 61.8 Å². The van der Waals surface area contributed by atoms with Gasteiger partial charge in [-0.3, -0.25) is 9.89 Å². The van der Waals surface area contributed by atoms with E-state index in [0.29, 0.717) is 0 Å². The van der Waals surface area contributed by atoms with E-state index in [1.165, 1.54) is 21.0 Å². The highest BCUT2D eigenvalue weighted by Crippen LogP contribution is 2.16. The van der Waals surface area contributed by atoms with Gasteiger partial charge in [-0.05, 0) is 25.0 Å². The maximum absolute atomic E-state index is 5.41. The summed E-state index contributed by atoms with van der Waals surface area (Å²) in [7, 11) is 1.80. The van der Waals surface area contributed by atoms with Gasteiger partial charge in [0.25, 0.3) is 0 Å². The zero-order valence-electron chi connectivity index (χ0n) is 17.1. The Morgan fingerprint density at radius 1 is 1.14 bits per heavy atom. The number of aryl methyl sites for hydroxylation is 2. The second-order valence-corrected chi connectivity index (χ2v) is 8.34. The Morgan fingerprint density at radius 2 is 1.86 bits per heavy atom. The van der Waals surface area contributed by atoms with Crippen LogP contribution in [0.4, 0.5) is 0 Å². The van der Waals surface area contributed by atoms with E-state index in [-0.39, 0.29) is 0 Å². The monoisotopic (exact) mass is 401 g/mol. The van der Waals surface area contributed by atoms with E-state index < -0.39 is 0 Å². The Labute approximate surface area is 172 Å². The molecule has 6 nitrogen and oxygen atoms in total. The number of thiazole rings is 1. The minimum Gasteiger partial charge on any atom is -0.379 e. The second kappa shape index (κ2) is 10.5. The predicted octanol–water partition coefficient (Wildman–Crippen LogP) is 2.50. The Kier molecular flexibility index (Phi) is 7.82. The van der Waals surface area contributed by atoms with Crippen molar-refractivity contribution < 1.29 is 4.74 Å². The molecule has 152 valence electrons. The van der Waals surface area contributed by atoms with Crippen LogP contribution < -0.4 is 10.6 Å². The largest absolute Gasteiger partial charge is 0.379 e. The fourth-order valence-electron chi connectivity index (χ4n) is 3.12. The van der Waals surface area contributed by atoms with Gasteiger partial charge in [0.15, 0.2) is 5.96 Å². The van der Waals surface area contributed by atoms with E-state index in [9.17, 15) is 0 Å². The van der Waals surface area contributed by atoms with Crippen LogP contribution in [0.3, 0.4) is 0 Å². The maximum Gasteiger partial charge on any atom is 0.191 e. The Morgan fingerprint density at radius 3 is 2.50 bits per heavy atom. The van der Waals surface area contributed by atoms with Gasteiger partial charge in [-0.2, -0.15) is 0 Å². The highest BCUT2D eigenvalue weighted by molar-refractivity contribution is 7.11. The molecule has 2 heterocycles. The molecule has 2 aromatic rings. The molecule has 1 fully saturated rings. The first-order valence-electron chi connectivity index (χ1n) is 9.89. The molecule has 1 aromatic carbocycles. The summed E-state index contributed by atoms with van der Waals surface area (Å²) in [5.74, 6) is 0.822. The average Bonchev–Trinajstić information content (AvgIpc) is 3.04. The molecular weight excluding hydrogens is 370 g/mol. The maximum atomic E-state index is 5.41. The lowest BCUT2D eigenvalue weighted by molar-refractivity contribution is 0.0342. The first-order valence-corrected chi connectivity index (χ1v) is 10.7. The van der Waals surface area contributed by atoms with Crippen molar-refractivity contribution in [3.05, 3.63) is 51.0 Å². The number of morpholine rings is 1. The van der Waals surface area contributed by atoms with Gasteiger partial charge in [0, 0.05) is 51.1 Å². The third-order valence-electron chi connectivity index (χ3n) is 4.92. The van der Waals surface area contributed by atoms with E-state index >= 15 is 0 Å². The molecule has 1 aromatic heterocycles. The number of nitrogens with zero attached hydrogens (tertiary/aromatic N) is 3. The number of hydrogen-bond acceptors (Lipinski definition) is 5. The fraction of sp³-hybridized carbons (Fsp3) is 0.524. The SMILES string of the molecule is CN=C(NCCc1nc(C)c(C)s1)NCc1ccc(CN2CCOCC2)cc1. The molecule has 1 saturated heterocycles. The van der Waals surface area contributed by atoms with Gasteiger partial charge in [-0.1, -0.05) is 24.3 Å². The number of benzene rings is 1. The molecule has 0 saturated carbocycles. The molecular formula is C21H31N5OS. The summed E-state index contributed by atoms with van der Waals surface area (Å²) in [6.07, 6.45) is 0.913. The lowest BCUT2D eigenvalue weighted by Crippen LogP contribution is -2.37. The Hall–Kier alpha value is -1.96. The lowest BCUT2D eigenvalue weighted by Gasteiger charge is -2.26. The van der Waals surface area contributed by atoms with Crippen molar-refractivity contribution in [3.63, 3.8) is 0 Å². The number of nitrogens with one attached hydrogen (secondary N) is 2. The molecule has 0 unspecified atom stereocenters. The zero-order chi connectivity index (χ0) is 19.8. The van der Waals surface area contributed by atoms with Gasteiger partial charge >= 0.3 is 0 Å². The molecule has 1 aliphatic heterocycles. The van der Waals surface area contributed by atoms with Crippen LogP contribution in [-0.4, -0.2) is 55.7 Å². The summed E-state index contributed by atoms with van der Waals surface area (Å²) in [5, 5.41) is 7.93. The van der Waals surface area contributed by atoms with Crippen molar-refractivity contribution in [2.75, 3.05) is 39.9 Å². The minimum atomic E-state index is 0.757. The Balaban J connectivity index is 1.40. The molecule has 7 heteroatoms. The lowest BCUT2D eigenvalue weighted by atomic mass is 10.1. The number of rotatable bonds is 7. The van der Waals surface area contributed by atoms with Gasteiger partial charge in [0.1, 0.15) is 0 Å². The standard InChI is InChI=1S/C21H31N5OS/c1-16-17(2)28-20(25-16)8-9-23-21(22-3)24-14-18-4-6-19(7-5-18)15-26-10-12-27-13-11-26/h4-7H,8-15H2,1-3H3,(H2,22,23,24). The van der Waals surface area contributed by atoms with Crippen LogP contribution in [0.25, 0.3) is 0 Å². The summed E-state index contributed by atoms with van der Waals surface area (Å²) in [4.78, 5) is 12.6. The van der Waals surface area contributed by atoms with Crippen molar-refractivity contribution >= 4 is 17.3 Å². The quantitative estimate of drug-likeness (QED) is 0.551. The van der Waals surface area contributed by atoms with Crippen molar-refractivity contribution in [1.82, 2.24) is 20.5 Å². The second-order valence-electron chi connectivity index (χ2n) is 7.06. The van der Waals surface area contributed by atoms with Crippen LogP contribution in [0.2, 0.25) is 0 Å². The summed E-state index contributed by atoms with van der Waals surface area (Å²) < 4.78 is 5.41. The molecule has 0 bridgehead atoms. The highest BCUT2D eigenvalue weighted by atomic mass is 32.1. The van der Waals surface area contributed by atoms with Crippen LogP contribution in [0.1, 0.15) is 26.7 Å². The normalized spacial score (nSPS) is 15.6. The number of aromatic nitrogens is 1. The third-order valence-corrected chi connectivity index (χ3v) is 6.05. The van der Waals surface area contributed by atoms with Gasteiger partial charge in [0.2, 0.25) is 0 Å². The van der Waals surface area contributed by atoms with Crippen LogP contribution in [0.5, 0.6) is 0 Å². The molecule has 0 atom stereocenters. The molecule has 0 radical (unpaired) electrons. The van der Waals surface area contributed by atoms with Gasteiger partial charge in [0.05, 0.1) is 23.9 Å². The van der Waals surface area contributed by atoms with Crippen LogP contribution in [0, 0.1) is 13.8 Å². The fourth-order valence-corrected chi connectivity index (χ4v) is 4.05. The average molecular weight is 402 g/mol. The summed E-state index contributed by atoms with van der Waals surface area (Å²) >= 11 is 1.78. The number of aliphatic imine (C=N–C) groups is 1. The number of guanidine groups is 1. The van der Waals surface area contributed by atoms with Crippen LogP contribution >= 0.6 is 11.3 Å². The molecule has 0 amide bonds. The number of hydrogen-bond donors (Lipinski definition) is 2. The first-order chi connectivity index (χ1) is 13.6. The van der Waals surface area contributed by atoms with E-state index in [4.69, 9.17) is 4.74 Å². The van der Waals surface area contributed by atoms with E-state index in [1.807, 2.05) is 0 Å². The first kappa shape index (κ1) is 20.8. The van der Waals surface area contributed by atoms with E-state index in [1.54, 1.807) is 18.4 Å².